The topological polar surface area (TPSA) is 90.8 Å². The maximum absolute atomic E-state index is 13.9. The summed E-state index contributed by atoms with van der Waals surface area (Å²) in [7, 11) is 0. The van der Waals surface area contributed by atoms with Gasteiger partial charge in [0, 0.05) is 31.9 Å². The number of hydrogen-bond donors (Lipinski definition) is 2. The lowest BCUT2D eigenvalue weighted by atomic mass is 10.1. The van der Waals surface area contributed by atoms with Crippen molar-refractivity contribution in [3.63, 3.8) is 0 Å². The molecule has 9 nitrogen and oxygen atoms in total. The van der Waals surface area contributed by atoms with Crippen molar-refractivity contribution in [1.82, 2.24) is 20.4 Å². The average Bonchev–Trinajstić information content (AvgIpc) is 2.96. The molecule has 3 aromatic rings. The number of nitrogens with one attached hydrogen (secondary N) is 2. The van der Waals surface area contributed by atoms with Gasteiger partial charge in [0.2, 0.25) is 5.95 Å². The van der Waals surface area contributed by atoms with E-state index in [2.05, 4.69) is 87.9 Å². The molecule has 2 aliphatic heterocycles. The third-order valence-corrected chi connectivity index (χ3v) is 6.04. The van der Waals surface area contributed by atoms with E-state index in [1.54, 1.807) is 12.4 Å². The van der Waals surface area contributed by atoms with Gasteiger partial charge in [0.25, 0.3) is 0 Å². The monoisotopic (exact) mass is 566 g/mol. The molecule has 0 spiro atoms. The predicted octanol–water partition coefficient (Wildman–Crippen LogP) is 6.14. The van der Waals surface area contributed by atoms with Crippen molar-refractivity contribution >= 4 is 23.7 Å². The van der Waals surface area contributed by atoms with Gasteiger partial charge in [-0.3, -0.25) is 4.98 Å². The molecule has 0 amide bonds. The number of anilines is 3. The molecule has 0 bridgehead atoms. The van der Waals surface area contributed by atoms with Crippen LogP contribution in [0.4, 0.5) is 21.8 Å². The molecule has 2 aliphatic rings. The van der Waals surface area contributed by atoms with E-state index in [9.17, 15) is 4.39 Å². The van der Waals surface area contributed by atoms with E-state index in [4.69, 9.17) is 4.74 Å². The fraction of sp³-hybridized carbons (Fsp3) is 0.484. The van der Waals surface area contributed by atoms with Gasteiger partial charge in [0.15, 0.2) is 11.6 Å². The number of ether oxygens (including phenoxy) is 1. The maximum Gasteiger partial charge on any atom is 0.245 e. The number of hydrazine groups is 1. The third kappa shape index (κ3) is 11.4. The Morgan fingerprint density at radius 3 is 2.49 bits per heavy atom. The van der Waals surface area contributed by atoms with Gasteiger partial charge >= 0.3 is 0 Å². The Balaban J connectivity index is 0.000000280. The number of aryl methyl sites for hydroxylation is 2. The first-order valence-corrected chi connectivity index (χ1v) is 14.1. The van der Waals surface area contributed by atoms with Gasteiger partial charge in [0.1, 0.15) is 0 Å². The number of morpholine rings is 1. The molecule has 1 atom stereocenters. The standard InChI is InChI=1S/C15H17FN6O.C12H18N2.C3H8.CH4/c1-11-2-3-12(17-8-11)9-19-21-15-18-10-13(16)14(20-15)22-4-6-23-7-5-22;1-10-5-3-7-12(9-10)14-8-4-6-11(2)13-14;1-3-2;/h2-3,8-10H,4-7H2,1H3,(H,18,20,21);3,5,7,9,11,13H,4,6,8H2,1-2H3;3H2,1-2H3;1H4/b19-9+;;;. The van der Waals surface area contributed by atoms with Crippen LogP contribution in [0, 0.1) is 19.7 Å². The van der Waals surface area contributed by atoms with Gasteiger partial charge in [-0.2, -0.15) is 10.1 Å². The van der Waals surface area contributed by atoms with Crippen LogP contribution in [0.15, 0.2) is 53.9 Å². The van der Waals surface area contributed by atoms with E-state index in [0.717, 1.165) is 18.3 Å². The summed E-state index contributed by atoms with van der Waals surface area (Å²) in [5.74, 6) is 0.0346. The van der Waals surface area contributed by atoms with Crippen LogP contribution in [-0.4, -0.2) is 60.1 Å². The second kappa shape index (κ2) is 17.9. The fourth-order valence-electron chi connectivity index (χ4n) is 4.07. The lowest BCUT2D eigenvalue weighted by Crippen LogP contribution is -2.48. The fourth-order valence-corrected chi connectivity index (χ4v) is 4.07. The Kier molecular flexibility index (Phi) is 14.7. The zero-order chi connectivity index (χ0) is 28.7. The molecule has 0 saturated carbocycles. The highest BCUT2D eigenvalue weighted by Crippen LogP contribution is 2.19. The molecule has 2 saturated heterocycles. The second-order valence-electron chi connectivity index (χ2n) is 9.97. The summed E-state index contributed by atoms with van der Waals surface area (Å²) in [6, 6.07) is 13.0. The largest absolute Gasteiger partial charge is 0.378 e. The first-order chi connectivity index (χ1) is 19.4. The van der Waals surface area contributed by atoms with E-state index in [1.165, 1.54) is 30.5 Å². The zero-order valence-electron chi connectivity index (χ0n) is 24.4. The van der Waals surface area contributed by atoms with Crippen LogP contribution in [0.5, 0.6) is 0 Å². The molecule has 0 radical (unpaired) electrons. The molecule has 2 aromatic heterocycles. The molecule has 2 N–H and O–H groups in total. The molecule has 1 aromatic carbocycles. The van der Waals surface area contributed by atoms with Crippen LogP contribution in [-0.2, 0) is 4.74 Å². The Labute approximate surface area is 245 Å². The molecular weight excluding hydrogens is 519 g/mol. The summed E-state index contributed by atoms with van der Waals surface area (Å²) in [6.07, 6.45) is 8.26. The summed E-state index contributed by atoms with van der Waals surface area (Å²) in [4.78, 5) is 14.1. The highest BCUT2D eigenvalue weighted by Gasteiger charge is 2.18. The Bertz CT molecular complexity index is 1180. The predicted molar refractivity (Wildman–Crippen MR) is 168 cm³/mol. The minimum absolute atomic E-state index is 0. The number of benzene rings is 1. The lowest BCUT2D eigenvalue weighted by Gasteiger charge is -2.34. The maximum atomic E-state index is 13.9. The van der Waals surface area contributed by atoms with Gasteiger partial charge in [-0.15, -0.1) is 0 Å². The van der Waals surface area contributed by atoms with Gasteiger partial charge in [-0.25, -0.2) is 20.2 Å². The van der Waals surface area contributed by atoms with Crippen molar-refractivity contribution in [3.05, 3.63) is 71.4 Å². The number of halogens is 1. The Morgan fingerprint density at radius 1 is 1.07 bits per heavy atom. The minimum Gasteiger partial charge on any atom is -0.378 e. The number of nitrogens with zero attached hydrogens (tertiary/aromatic N) is 6. The Morgan fingerprint density at radius 2 is 1.83 bits per heavy atom. The summed E-state index contributed by atoms with van der Waals surface area (Å²) in [5, 5.41) is 6.29. The van der Waals surface area contributed by atoms with Gasteiger partial charge in [-0.1, -0.05) is 45.9 Å². The first-order valence-electron chi connectivity index (χ1n) is 14.1. The minimum atomic E-state index is -0.457. The third-order valence-electron chi connectivity index (χ3n) is 6.04. The van der Waals surface area contributed by atoms with Crippen LogP contribution in [0.25, 0.3) is 0 Å². The van der Waals surface area contributed by atoms with Crippen molar-refractivity contribution in [3.8, 4) is 0 Å². The number of hydrazone groups is 1. The number of hydrogen-bond acceptors (Lipinski definition) is 9. The molecular formula is C31H47FN8O. The normalized spacial score (nSPS) is 16.6. The summed E-state index contributed by atoms with van der Waals surface area (Å²) in [6.45, 7) is 14.0. The molecule has 224 valence electrons. The lowest BCUT2D eigenvalue weighted by molar-refractivity contribution is 0.122. The molecule has 2 fully saturated rings. The van der Waals surface area contributed by atoms with Crippen molar-refractivity contribution in [2.75, 3.05) is 48.2 Å². The summed E-state index contributed by atoms with van der Waals surface area (Å²) in [5.41, 5.74) is 10.6. The second-order valence-corrected chi connectivity index (χ2v) is 9.97. The number of pyridine rings is 1. The van der Waals surface area contributed by atoms with Crippen LogP contribution >= 0.6 is 0 Å². The van der Waals surface area contributed by atoms with Crippen LogP contribution < -0.4 is 20.8 Å². The van der Waals surface area contributed by atoms with E-state index in [0.29, 0.717) is 38.0 Å². The molecule has 0 aliphatic carbocycles. The van der Waals surface area contributed by atoms with Crippen molar-refractivity contribution in [2.45, 2.75) is 67.3 Å². The van der Waals surface area contributed by atoms with Crippen LogP contribution in [0.3, 0.4) is 0 Å². The molecule has 10 heteroatoms. The highest BCUT2D eigenvalue weighted by molar-refractivity contribution is 5.77. The SMILES string of the molecule is C.CCC.Cc1ccc(/C=N/Nc2ncc(F)c(N3CCOCC3)n2)nc1.Cc1cccc(N2CCCC(C)N2)c1. The van der Waals surface area contributed by atoms with E-state index in [1.807, 2.05) is 24.0 Å². The number of aromatic nitrogens is 3. The molecule has 4 heterocycles. The Hall–Kier alpha value is -3.63. The van der Waals surface area contributed by atoms with Crippen LogP contribution in [0.2, 0.25) is 0 Å². The van der Waals surface area contributed by atoms with Crippen LogP contribution in [0.1, 0.15) is 64.3 Å². The van der Waals surface area contributed by atoms with Crippen molar-refractivity contribution in [2.24, 2.45) is 5.10 Å². The number of rotatable bonds is 5. The average molecular weight is 567 g/mol. The first kappa shape index (κ1) is 33.6. The molecule has 5 rings (SSSR count). The van der Waals surface area contributed by atoms with Gasteiger partial charge in [0.05, 0.1) is 37.0 Å². The van der Waals surface area contributed by atoms with E-state index >= 15 is 0 Å². The smallest absolute Gasteiger partial charge is 0.245 e. The van der Waals surface area contributed by atoms with Gasteiger partial charge < -0.3 is 14.6 Å². The molecule has 41 heavy (non-hydrogen) atoms. The quantitative estimate of drug-likeness (QED) is 0.281. The zero-order valence-corrected chi connectivity index (χ0v) is 24.4. The van der Waals surface area contributed by atoms with E-state index in [-0.39, 0.29) is 19.2 Å². The highest BCUT2D eigenvalue weighted by atomic mass is 19.1. The molecule has 1 unspecified atom stereocenters. The van der Waals surface area contributed by atoms with Gasteiger partial charge in [-0.05, 0) is 62.9 Å². The van der Waals surface area contributed by atoms with Crippen molar-refractivity contribution in [1.29, 1.82) is 0 Å². The summed E-state index contributed by atoms with van der Waals surface area (Å²) >= 11 is 0. The van der Waals surface area contributed by atoms with E-state index < -0.39 is 5.82 Å². The summed E-state index contributed by atoms with van der Waals surface area (Å²) < 4.78 is 19.2. The van der Waals surface area contributed by atoms with Crippen molar-refractivity contribution < 1.29 is 9.13 Å².